The second-order valence-corrected chi connectivity index (χ2v) is 4.46. The molecule has 1 amide bonds. The molecule has 0 unspecified atom stereocenters. The van der Waals surface area contributed by atoms with E-state index in [0.717, 1.165) is 0 Å². The number of amides is 1. The molecule has 1 aliphatic carbocycles. The first-order valence-electron chi connectivity index (χ1n) is 5.58. The van der Waals surface area contributed by atoms with Gasteiger partial charge in [0.25, 0.3) is 0 Å². The van der Waals surface area contributed by atoms with Crippen molar-refractivity contribution in [1.29, 1.82) is 0 Å². The Kier molecular flexibility index (Phi) is 4.39. The summed E-state index contributed by atoms with van der Waals surface area (Å²) in [6, 6.07) is 0.524. The standard InChI is InChI=1S/C11H22N2O/c1-9(11(14)13(2)3)12-10-7-5-4-6-8-10/h9-10,12H,4-8H2,1-3H3/t9-/m1/s1. The maximum Gasteiger partial charge on any atom is 0.238 e. The van der Waals surface area contributed by atoms with Crippen LogP contribution in [0, 0.1) is 0 Å². The van der Waals surface area contributed by atoms with Gasteiger partial charge in [0.15, 0.2) is 0 Å². The van der Waals surface area contributed by atoms with Crippen molar-refractivity contribution >= 4 is 5.91 Å². The van der Waals surface area contributed by atoms with Gasteiger partial charge in [-0.05, 0) is 19.8 Å². The van der Waals surface area contributed by atoms with E-state index < -0.39 is 0 Å². The molecule has 0 radical (unpaired) electrons. The monoisotopic (exact) mass is 198 g/mol. The number of rotatable bonds is 3. The van der Waals surface area contributed by atoms with Crippen molar-refractivity contribution in [3.05, 3.63) is 0 Å². The molecule has 1 rings (SSSR count). The molecule has 1 atom stereocenters. The quantitative estimate of drug-likeness (QED) is 0.743. The van der Waals surface area contributed by atoms with Crippen molar-refractivity contribution in [3.8, 4) is 0 Å². The number of carbonyl (C=O) groups is 1. The highest BCUT2D eigenvalue weighted by Gasteiger charge is 2.20. The first-order valence-corrected chi connectivity index (χ1v) is 5.58. The lowest BCUT2D eigenvalue weighted by Gasteiger charge is -2.27. The average molecular weight is 198 g/mol. The topological polar surface area (TPSA) is 32.3 Å². The van der Waals surface area contributed by atoms with Crippen molar-refractivity contribution in [2.75, 3.05) is 14.1 Å². The van der Waals surface area contributed by atoms with Crippen molar-refractivity contribution in [2.45, 2.75) is 51.1 Å². The van der Waals surface area contributed by atoms with E-state index in [2.05, 4.69) is 5.32 Å². The van der Waals surface area contributed by atoms with Crippen LogP contribution in [0.3, 0.4) is 0 Å². The van der Waals surface area contributed by atoms with Gasteiger partial charge in [-0.2, -0.15) is 0 Å². The average Bonchev–Trinajstić information content (AvgIpc) is 2.18. The van der Waals surface area contributed by atoms with Crippen LogP contribution < -0.4 is 5.32 Å². The Hall–Kier alpha value is -0.570. The molecular weight excluding hydrogens is 176 g/mol. The smallest absolute Gasteiger partial charge is 0.238 e. The highest BCUT2D eigenvalue weighted by molar-refractivity contribution is 5.80. The van der Waals surface area contributed by atoms with E-state index in [4.69, 9.17) is 0 Å². The molecule has 0 bridgehead atoms. The summed E-state index contributed by atoms with van der Waals surface area (Å²) in [4.78, 5) is 13.2. The molecule has 1 aliphatic rings. The molecule has 0 spiro atoms. The van der Waals surface area contributed by atoms with E-state index in [0.29, 0.717) is 6.04 Å². The van der Waals surface area contributed by atoms with Crippen LogP contribution in [0.2, 0.25) is 0 Å². The zero-order valence-electron chi connectivity index (χ0n) is 9.55. The Morgan fingerprint density at radius 3 is 2.36 bits per heavy atom. The fraction of sp³-hybridized carbons (Fsp3) is 0.909. The molecule has 3 nitrogen and oxygen atoms in total. The number of nitrogens with one attached hydrogen (secondary N) is 1. The normalized spacial score (nSPS) is 20.5. The molecule has 0 saturated heterocycles. The van der Waals surface area contributed by atoms with E-state index >= 15 is 0 Å². The molecule has 0 aromatic carbocycles. The van der Waals surface area contributed by atoms with Crippen LogP contribution in [0.4, 0.5) is 0 Å². The van der Waals surface area contributed by atoms with Crippen LogP contribution in [0.15, 0.2) is 0 Å². The fourth-order valence-corrected chi connectivity index (χ4v) is 2.08. The summed E-state index contributed by atoms with van der Waals surface area (Å²) >= 11 is 0. The summed E-state index contributed by atoms with van der Waals surface area (Å²) in [5.41, 5.74) is 0. The highest BCUT2D eigenvalue weighted by atomic mass is 16.2. The van der Waals surface area contributed by atoms with Crippen LogP contribution in [0.25, 0.3) is 0 Å². The van der Waals surface area contributed by atoms with E-state index in [1.807, 2.05) is 6.92 Å². The SMILES string of the molecule is C[C@@H](NC1CCCCC1)C(=O)N(C)C. The van der Waals surface area contributed by atoms with Crippen molar-refractivity contribution in [1.82, 2.24) is 10.2 Å². The third-order valence-corrected chi connectivity index (χ3v) is 2.90. The molecule has 1 N–H and O–H groups in total. The van der Waals surface area contributed by atoms with E-state index in [-0.39, 0.29) is 11.9 Å². The van der Waals surface area contributed by atoms with Crippen LogP contribution in [0.5, 0.6) is 0 Å². The fourth-order valence-electron chi connectivity index (χ4n) is 2.08. The summed E-state index contributed by atoms with van der Waals surface area (Å²) in [7, 11) is 3.61. The largest absolute Gasteiger partial charge is 0.347 e. The molecule has 0 aromatic rings. The number of nitrogens with zero attached hydrogens (tertiary/aromatic N) is 1. The number of hydrogen-bond donors (Lipinski definition) is 1. The Morgan fingerprint density at radius 2 is 1.86 bits per heavy atom. The molecule has 82 valence electrons. The van der Waals surface area contributed by atoms with Gasteiger partial charge in [-0.25, -0.2) is 0 Å². The predicted molar refractivity (Wildman–Crippen MR) is 58.2 cm³/mol. The minimum Gasteiger partial charge on any atom is -0.347 e. The molecule has 0 aliphatic heterocycles. The van der Waals surface area contributed by atoms with Crippen LogP contribution in [0.1, 0.15) is 39.0 Å². The van der Waals surface area contributed by atoms with Crippen molar-refractivity contribution < 1.29 is 4.79 Å². The molecule has 1 saturated carbocycles. The Balaban J connectivity index is 2.31. The lowest BCUT2D eigenvalue weighted by molar-refractivity contribution is -0.130. The number of carbonyl (C=O) groups excluding carboxylic acids is 1. The lowest BCUT2D eigenvalue weighted by atomic mass is 9.95. The van der Waals surface area contributed by atoms with Gasteiger partial charge in [-0.1, -0.05) is 19.3 Å². The minimum atomic E-state index is -0.0342. The molecule has 14 heavy (non-hydrogen) atoms. The summed E-state index contributed by atoms with van der Waals surface area (Å²) in [6.07, 6.45) is 6.42. The molecule has 1 fully saturated rings. The van der Waals surface area contributed by atoms with Gasteiger partial charge in [0.05, 0.1) is 6.04 Å². The van der Waals surface area contributed by atoms with Gasteiger partial charge in [-0.3, -0.25) is 4.79 Å². The summed E-state index contributed by atoms with van der Waals surface area (Å²) in [5.74, 6) is 0.176. The van der Waals surface area contributed by atoms with Crippen molar-refractivity contribution in [3.63, 3.8) is 0 Å². The van der Waals surface area contributed by atoms with E-state index in [9.17, 15) is 4.79 Å². The first-order chi connectivity index (χ1) is 6.61. The Labute approximate surface area is 86.9 Å². The molecule has 0 aromatic heterocycles. The van der Waals surface area contributed by atoms with Gasteiger partial charge >= 0.3 is 0 Å². The second-order valence-electron chi connectivity index (χ2n) is 4.46. The number of hydrogen-bond acceptors (Lipinski definition) is 2. The molecule has 0 heterocycles. The lowest BCUT2D eigenvalue weighted by Crippen LogP contribution is -2.46. The van der Waals surface area contributed by atoms with Crippen LogP contribution >= 0.6 is 0 Å². The zero-order chi connectivity index (χ0) is 10.6. The first kappa shape index (κ1) is 11.5. The Morgan fingerprint density at radius 1 is 1.29 bits per heavy atom. The number of likely N-dealkylation sites (N-methyl/N-ethyl adjacent to an activating group) is 1. The maximum atomic E-state index is 11.6. The zero-order valence-corrected chi connectivity index (χ0v) is 9.55. The summed E-state index contributed by atoms with van der Waals surface area (Å²) in [6.45, 7) is 1.96. The maximum absolute atomic E-state index is 11.6. The van der Waals surface area contributed by atoms with Crippen LogP contribution in [-0.4, -0.2) is 37.0 Å². The molecular formula is C11H22N2O. The van der Waals surface area contributed by atoms with Gasteiger partial charge in [-0.15, -0.1) is 0 Å². The van der Waals surface area contributed by atoms with E-state index in [1.165, 1.54) is 32.1 Å². The molecule has 3 heteroatoms. The third kappa shape index (κ3) is 3.29. The second kappa shape index (κ2) is 5.35. The van der Waals surface area contributed by atoms with Gasteiger partial charge in [0.2, 0.25) is 5.91 Å². The highest BCUT2D eigenvalue weighted by Crippen LogP contribution is 2.17. The van der Waals surface area contributed by atoms with Gasteiger partial charge in [0.1, 0.15) is 0 Å². The van der Waals surface area contributed by atoms with Gasteiger partial charge < -0.3 is 10.2 Å². The summed E-state index contributed by atoms with van der Waals surface area (Å²) in [5, 5.41) is 3.41. The van der Waals surface area contributed by atoms with Gasteiger partial charge in [0, 0.05) is 20.1 Å². The minimum absolute atomic E-state index is 0.0342. The third-order valence-electron chi connectivity index (χ3n) is 2.90. The Bertz CT molecular complexity index is 186. The van der Waals surface area contributed by atoms with Crippen LogP contribution in [-0.2, 0) is 4.79 Å². The summed E-state index contributed by atoms with van der Waals surface area (Å²) < 4.78 is 0. The predicted octanol–water partition coefficient (Wildman–Crippen LogP) is 1.39. The van der Waals surface area contributed by atoms with Crippen molar-refractivity contribution in [2.24, 2.45) is 0 Å². The van der Waals surface area contributed by atoms with E-state index in [1.54, 1.807) is 19.0 Å².